The van der Waals surface area contributed by atoms with Gasteiger partial charge in [0.2, 0.25) is 0 Å². The highest BCUT2D eigenvalue weighted by atomic mass is 19.4. The summed E-state index contributed by atoms with van der Waals surface area (Å²) < 4.78 is 46.4. The van der Waals surface area contributed by atoms with Crippen LogP contribution in [0, 0.1) is 0 Å². The molecule has 1 saturated heterocycles. The van der Waals surface area contributed by atoms with Crippen LogP contribution in [0.25, 0.3) is 0 Å². The Bertz CT molecular complexity index is 631. The summed E-state index contributed by atoms with van der Waals surface area (Å²) in [6, 6.07) is 6.24. The molecule has 6 nitrogen and oxygen atoms in total. The quantitative estimate of drug-likeness (QED) is 0.769. The average Bonchev–Trinajstić information content (AvgIpc) is 3.10. The number of carbonyl (C=O) groups excluding carboxylic acids is 2. The second-order valence-electron chi connectivity index (χ2n) is 5.95. The molecule has 1 heterocycles. The van der Waals surface area contributed by atoms with Crippen LogP contribution in [-0.2, 0) is 14.3 Å². The third kappa shape index (κ3) is 6.30. The zero-order chi connectivity index (χ0) is 19.2. The fourth-order valence-electron chi connectivity index (χ4n) is 2.43. The van der Waals surface area contributed by atoms with Crippen LogP contribution in [0.15, 0.2) is 24.3 Å². The van der Waals surface area contributed by atoms with E-state index in [4.69, 9.17) is 4.74 Å². The van der Waals surface area contributed by atoms with E-state index in [0.717, 1.165) is 12.8 Å². The van der Waals surface area contributed by atoms with Crippen molar-refractivity contribution in [3.63, 3.8) is 0 Å². The number of ether oxygens (including phenoxy) is 2. The Morgan fingerprint density at radius 2 is 2.08 bits per heavy atom. The number of halogens is 3. The third-order valence-corrected chi connectivity index (χ3v) is 3.81. The van der Waals surface area contributed by atoms with Crippen LogP contribution in [-0.4, -0.2) is 50.0 Å². The highest BCUT2D eigenvalue weighted by Gasteiger charge is 2.30. The van der Waals surface area contributed by atoms with Crippen molar-refractivity contribution in [2.75, 3.05) is 25.1 Å². The summed E-state index contributed by atoms with van der Waals surface area (Å²) in [7, 11) is 0. The molecule has 2 N–H and O–H groups in total. The van der Waals surface area contributed by atoms with Gasteiger partial charge in [0.1, 0.15) is 12.7 Å². The molecule has 0 radical (unpaired) electrons. The molecule has 26 heavy (non-hydrogen) atoms. The van der Waals surface area contributed by atoms with E-state index in [-0.39, 0.29) is 17.4 Å². The lowest BCUT2D eigenvalue weighted by atomic mass is 10.1. The maximum atomic E-state index is 12.3. The number of nitrogens with one attached hydrogen (secondary N) is 2. The lowest BCUT2D eigenvalue weighted by molar-refractivity contribution is -0.184. The molecular weight excluding hydrogens is 353 g/mol. The minimum absolute atomic E-state index is 0.0310. The normalized spacial score (nSPS) is 18.4. The highest BCUT2D eigenvalue weighted by molar-refractivity contribution is 6.04. The molecule has 1 aliphatic rings. The standard InChI is InChI=1S/C17H21F3N2O4/c1-11(26-10-17(18,19)20)15(23)22-14-7-3-2-6-13(14)16(24)21-9-12-5-4-8-25-12/h2-3,6-7,11-12H,4-5,8-10H2,1H3,(H,21,24)(H,22,23)/t11-,12+/m1/s1. The van der Waals surface area contributed by atoms with E-state index in [1.54, 1.807) is 12.1 Å². The summed E-state index contributed by atoms with van der Waals surface area (Å²) in [5.74, 6) is -1.17. The van der Waals surface area contributed by atoms with Crippen molar-refractivity contribution in [3.05, 3.63) is 29.8 Å². The number of para-hydroxylation sites is 1. The van der Waals surface area contributed by atoms with Crippen molar-refractivity contribution >= 4 is 17.5 Å². The minimum Gasteiger partial charge on any atom is -0.376 e. The van der Waals surface area contributed by atoms with Gasteiger partial charge in [-0.25, -0.2) is 0 Å². The van der Waals surface area contributed by atoms with Crippen molar-refractivity contribution < 1.29 is 32.2 Å². The molecule has 1 aromatic carbocycles. The number of rotatable bonds is 7. The van der Waals surface area contributed by atoms with Crippen LogP contribution in [0.1, 0.15) is 30.1 Å². The number of alkyl halides is 3. The molecule has 144 valence electrons. The first-order chi connectivity index (χ1) is 12.3. The number of carbonyl (C=O) groups is 2. The van der Waals surface area contributed by atoms with Gasteiger partial charge in [-0.3, -0.25) is 9.59 Å². The molecule has 2 rings (SSSR count). The van der Waals surface area contributed by atoms with Crippen molar-refractivity contribution in [3.8, 4) is 0 Å². The van der Waals surface area contributed by atoms with E-state index in [2.05, 4.69) is 15.4 Å². The van der Waals surface area contributed by atoms with Gasteiger partial charge in [-0.2, -0.15) is 13.2 Å². The smallest absolute Gasteiger partial charge is 0.376 e. The molecule has 0 unspecified atom stereocenters. The second kappa shape index (κ2) is 9.00. The van der Waals surface area contributed by atoms with Gasteiger partial charge in [0, 0.05) is 13.2 Å². The van der Waals surface area contributed by atoms with Gasteiger partial charge in [0.05, 0.1) is 17.4 Å². The van der Waals surface area contributed by atoms with Gasteiger partial charge in [-0.1, -0.05) is 12.1 Å². The van der Waals surface area contributed by atoms with E-state index in [0.29, 0.717) is 13.2 Å². The molecule has 2 amide bonds. The monoisotopic (exact) mass is 374 g/mol. The summed E-state index contributed by atoms with van der Waals surface area (Å²) in [5, 5.41) is 5.17. The Balaban J connectivity index is 1.94. The van der Waals surface area contributed by atoms with Crippen molar-refractivity contribution in [1.82, 2.24) is 5.32 Å². The lowest BCUT2D eigenvalue weighted by Gasteiger charge is -2.17. The number of benzene rings is 1. The first-order valence-corrected chi connectivity index (χ1v) is 8.24. The summed E-state index contributed by atoms with van der Waals surface area (Å²) in [6.07, 6.45) is -4.05. The van der Waals surface area contributed by atoms with Crippen LogP contribution in [0.4, 0.5) is 18.9 Å². The van der Waals surface area contributed by atoms with Gasteiger partial charge >= 0.3 is 6.18 Å². The number of hydrogen-bond donors (Lipinski definition) is 2. The molecule has 9 heteroatoms. The highest BCUT2D eigenvalue weighted by Crippen LogP contribution is 2.18. The van der Waals surface area contributed by atoms with Crippen molar-refractivity contribution in [1.29, 1.82) is 0 Å². The Morgan fingerprint density at radius 1 is 1.35 bits per heavy atom. The maximum Gasteiger partial charge on any atom is 0.411 e. The first-order valence-electron chi connectivity index (χ1n) is 8.24. The Morgan fingerprint density at radius 3 is 2.73 bits per heavy atom. The molecule has 0 aliphatic carbocycles. The summed E-state index contributed by atoms with van der Waals surface area (Å²) in [4.78, 5) is 24.3. The van der Waals surface area contributed by atoms with Gasteiger partial charge in [-0.05, 0) is 31.9 Å². The zero-order valence-corrected chi connectivity index (χ0v) is 14.3. The number of hydrogen-bond acceptors (Lipinski definition) is 4. The zero-order valence-electron chi connectivity index (χ0n) is 14.3. The van der Waals surface area contributed by atoms with E-state index >= 15 is 0 Å². The van der Waals surface area contributed by atoms with Gasteiger partial charge in [-0.15, -0.1) is 0 Å². The summed E-state index contributed by atoms with van der Waals surface area (Å²) in [5.41, 5.74) is 0.409. The van der Waals surface area contributed by atoms with Crippen molar-refractivity contribution in [2.45, 2.75) is 38.1 Å². The second-order valence-corrected chi connectivity index (χ2v) is 5.95. The Hall–Kier alpha value is -2.13. The van der Waals surface area contributed by atoms with E-state index in [1.807, 2.05) is 0 Å². The molecule has 2 atom stereocenters. The minimum atomic E-state index is -4.52. The van der Waals surface area contributed by atoms with E-state index < -0.39 is 30.7 Å². The molecular formula is C17H21F3N2O4. The molecule has 1 aliphatic heterocycles. The molecule has 1 aromatic rings. The molecule has 0 saturated carbocycles. The maximum absolute atomic E-state index is 12.3. The van der Waals surface area contributed by atoms with Crippen molar-refractivity contribution in [2.24, 2.45) is 0 Å². The lowest BCUT2D eigenvalue weighted by Crippen LogP contribution is -2.34. The third-order valence-electron chi connectivity index (χ3n) is 3.81. The molecule has 0 bridgehead atoms. The summed E-state index contributed by atoms with van der Waals surface area (Å²) >= 11 is 0. The van der Waals surface area contributed by atoms with Crippen LogP contribution < -0.4 is 10.6 Å². The fraction of sp³-hybridized carbons (Fsp3) is 0.529. The predicted octanol–water partition coefficient (Wildman–Crippen LogP) is 2.50. The number of anilines is 1. The van der Waals surface area contributed by atoms with E-state index in [1.165, 1.54) is 19.1 Å². The van der Waals surface area contributed by atoms with Crippen LogP contribution >= 0.6 is 0 Å². The van der Waals surface area contributed by atoms with Crippen LogP contribution in [0.3, 0.4) is 0 Å². The topological polar surface area (TPSA) is 76.7 Å². The summed E-state index contributed by atoms with van der Waals surface area (Å²) in [6.45, 7) is 0.710. The SMILES string of the molecule is C[C@@H](OCC(F)(F)F)C(=O)Nc1ccccc1C(=O)NC[C@@H]1CCCO1. The van der Waals surface area contributed by atoms with Crippen LogP contribution in [0.5, 0.6) is 0 Å². The van der Waals surface area contributed by atoms with Gasteiger partial charge < -0.3 is 20.1 Å². The Labute approximate surface area is 149 Å². The van der Waals surface area contributed by atoms with Crippen LogP contribution in [0.2, 0.25) is 0 Å². The fourth-order valence-corrected chi connectivity index (χ4v) is 2.43. The van der Waals surface area contributed by atoms with Gasteiger partial charge in [0.15, 0.2) is 0 Å². The number of amides is 2. The molecule has 0 aromatic heterocycles. The Kier molecular flexibility index (Phi) is 6.98. The van der Waals surface area contributed by atoms with Gasteiger partial charge in [0.25, 0.3) is 11.8 Å². The largest absolute Gasteiger partial charge is 0.411 e. The molecule has 0 spiro atoms. The van der Waals surface area contributed by atoms with E-state index in [9.17, 15) is 22.8 Å². The molecule has 1 fully saturated rings. The average molecular weight is 374 g/mol. The first kappa shape index (κ1) is 20.2. The predicted molar refractivity (Wildman–Crippen MR) is 87.8 cm³/mol.